The van der Waals surface area contributed by atoms with Crippen molar-refractivity contribution < 1.29 is 19.7 Å². The van der Waals surface area contributed by atoms with Gasteiger partial charge in [0.15, 0.2) is 0 Å². The van der Waals surface area contributed by atoms with Gasteiger partial charge >= 0.3 is 0 Å². The fourth-order valence-corrected chi connectivity index (χ4v) is 8.42. The second kappa shape index (κ2) is 16.7. The number of hydrogen-bond acceptors (Lipinski definition) is 4. The first kappa shape index (κ1) is 36.8. The minimum atomic E-state index is -0.737. The van der Waals surface area contributed by atoms with E-state index in [2.05, 4.69) is 146 Å². The number of benzene rings is 7. The lowest BCUT2D eigenvalue weighted by molar-refractivity contribution is 0.200. The molecule has 4 nitrogen and oxygen atoms in total. The zero-order chi connectivity index (χ0) is 38.3. The van der Waals surface area contributed by atoms with Crippen LogP contribution in [-0.4, -0.2) is 36.6 Å². The van der Waals surface area contributed by atoms with Crippen LogP contribution in [0.1, 0.15) is 44.5 Å². The summed E-state index contributed by atoms with van der Waals surface area (Å²) in [7, 11) is 0. The van der Waals surface area contributed by atoms with Gasteiger partial charge in [0.1, 0.15) is 24.7 Å². The first-order valence-electron chi connectivity index (χ1n) is 19.4. The molecule has 2 N–H and O–H groups in total. The van der Waals surface area contributed by atoms with E-state index in [0.29, 0.717) is 12.8 Å². The number of rotatable bonds is 12. The largest absolute Gasteiger partial charge is 0.491 e. The van der Waals surface area contributed by atoms with Gasteiger partial charge in [-0.25, -0.2) is 0 Å². The fourth-order valence-electron chi connectivity index (χ4n) is 8.42. The topological polar surface area (TPSA) is 58.9 Å². The molecule has 1 aliphatic carbocycles. The molecule has 0 heterocycles. The summed E-state index contributed by atoms with van der Waals surface area (Å²) in [5.74, 6) is 1.57. The predicted molar refractivity (Wildman–Crippen MR) is 229 cm³/mol. The molecule has 0 aliphatic heterocycles. The van der Waals surface area contributed by atoms with E-state index >= 15 is 0 Å². The Hall–Kier alpha value is -6.20. The van der Waals surface area contributed by atoms with E-state index < -0.39 is 5.41 Å². The minimum absolute atomic E-state index is 0.0509. The molecule has 0 bridgehead atoms. The summed E-state index contributed by atoms with van der Waals surface area (Å²) < 4.78 is 12.3. The normalized spacial score (nSPS) is 14.7. The summed E-state index contributed by atoms with van der Waals surface area (Å²) in [6, 6.07) is 51.7. The smallest absolute Gasteiger partial charge is 0.123 e. The van der Waals surface area contributed by atoms with Crippen LogP contribution in [-0.2, 0) is 24.7 Å². The highest BCUT2D eigenvalue weighted by molar-refractivity contribution is 5.92. The van der Waals surface area contributed by atoms with Crippen LogP contribution in [0.5, 0.6) is 11.5 Å². The number of aliphatic hydroxyl groups is 2. The Labute approximate surface area is 329 Å². The van der Waals surface area contributed by atoms with Gasteiger partial charge in [0.25, 0.3) is 0 Å². The third-order valence-electron chi connectivity index (χ3n) is 11.0. The van der Waals surface area contributed by atoms with Gasteiger partial charge in [-0.15, -0.1) is 0 Å². The van der Waals surface area contributed by atoms with Gasteiger partial charge in [-0.05, 0) is 91.2 Å². The molecule has 7 aromatic carbocycles. The Kier molecular flexibility index (Phi) is 10.9. The quantitative estimate of drug-likeness (QED) is 0.131. The first-order valence-corrected chi connectivity index (χ1v) is 19.4. The van der Waals surface area contributed by atoms with Crippen LogP contribution in [0.25, 0.3) is 21.5 Å². The van der Waals surface area contributed by atoms with Crippen LogP contribution >= 0.6 is 0 Å². The van der Waals surface area contributed by atoms with E-state index in [1.54, 1.807) is 0 Å². The summed E-state index contributed by atoms with van der Waals surface area (Å²) in [6.07, 6.45) is 10.8. The van der Waals surface area contributed by atoms with E-state index in [9.17, 15) is 10.2 Å². The fraction of sp³-hybridized carbons (Fsp3) is 0.154. The Morgan fingerprint density at radius 3 is 1.61 bits per heavy atom. The number of hydrogen-bond donors (Lipinski definition) is 2. The van der Waals surface area contributed by atoms with Crippen molar-refractivity contribution in [2.24, 2.45) is 0 Å². The van der Waals surface area contributed by atoms with Gasteiger partial charge < -0.3 is 19.7 Å². The van der Waals surface area contributed by atoms with Crippen LogP contribution in [0.2, 0.25) is 0 Å². The highest BCUT2D eigenvalue weighted by atomic mass is 16.5. The molecule has 4 heteroatoms. The van der Waals surface area contributed by atoms with Crippen LogP contribution < -0.4 is 9.47 Å². The highest BCUT2D eigenvalue weighted by Crippen LogP contribution is 2.49. The van der Waals surface area contributed by atoms with E-state index in [1.807, 2.05) is 24.3 Å². The molecule has 8 rings (SSSR count). The number of aliphatic hydroxyl groups excluding tert-OH is 2. The number of allylic oxidation sites excluding steroid dienone is 5. The van der Waals surface area contributed by atoms with Gasteiger partial charge in [-0.2, -0.15) is 0 Å². The Morgan fingerprint density at radius 1 is 0.554 bits per heavy atom. The molecule has 56 heavy (non-hydrogen) atoms. The zero-order valence-corrected chi connectivity index (χ0v) is 31.5. The molecule has 0 fully saturated rings. The highest BCUT2D eigenvalue weighted by Gasteiger charge is 2.40. The van der Waals surface area contributed by atoms with Crippen molar-refractivity contribution in [1.29, 1.82) is 0 Å². The lowest BCUT2D eigenvalue weighted by atomic mass is 9.63. The van der Waals surface area contributed by atoms with Gasteiger partial charge in [-0.3, -0.25) is 0 Å². The van der Waals surface area contributed by atoms with Crippen molar-refractivity contribution in [3.05, 3.63) is 227 Å². The average molecular weight is 735 g/mol. The summed E-state index contributed by atoms with van der Waals surface area (Å²) >= 11 is 0. The van der Waals surface area contributed by atoms with Crippen LogP contribution in [0.15, 0.2) is 182 Å². The van der Waals surface area contributed by atoms with Crippen molar-refractivity contribution in [1.82, 2.24) is 0 Å². The molecule has 0 amide bonds. The van der Waals surface area contributed by atoms with Crippen molar-refractivity contribution in [3.8, 4) is 11.5 Å². The van der Waals surface area contributed by atoms with E-state index in [1.165, 1.54) is 22.3 Å². The van der Waals surface area contributed by atoms with Gasteiger partial charge in [0.05, 0.1) is 18.6 Å². The maximum atomic E-state index is 9.64. The van der Waals surface area contributed by atoms with Gasteiger partial charge in [-0.1, -0.05) is 152 Å². The van der Waals surface area contributed by atoms with Crippen LogP contribution in [0.3, 0.4) is 0 Å². The minimum Gasteiger partial charge on any atom is -0.491 e. The molecule has 0 radical (unpaired) electrons. The van der Waals surface area contributed by atoms with E-state index in [4.69, 9.17) is 16.1 Å². The molecular weight excluding hydrogens is 689 g/mol. The van der Waals surface area contributed by atoms with Gasteiger partial charge in [0, 0.05) is 24.0 Å². The standard InChI is InChI=1S/C52H46O4/c1-37-13-5-2-10-18-40-19-11-12-20-49(40)52(37,43-23-25-45-41(35-43)21-27-50(55-31-29-53)47(45)33-38-14-6-3-7-15-38)44-24-26-46-42(36-44)22-28-51(56-32-30-54)48(46)34-39-16-8-4-9-17-39/h2-17,19-28,35-36,53-54H,1,18,29-34H2/b10-2-,13-5-. The molecule has 0 atom stereocenters. The SMILES string of the molecule is C=C1/C=C\C=C/Cc2ccccc2C1(c1ccc2c(Cc3ccccc3)c(OCCO)ccc2c1)c1ccc2c(Cc3ccccc3)c(OCCO)ccc2c1. The summed E-state index contributed by atoms with van der Waals surface area (Å²) in [5, 5.41) is 23.7. The summed E-state index contributed by atoms with van der Waals surface area (Å²) in [4.78, 5) is 0. The molecule has 1 aliphatic rings. The second-order valence-corrected chi connectivity index (χ2v) is 14.3. The molecule has 0 aromatic heterocycles. The van der Waals surface area contributed by atoms with Crippen molar-refractivity contribution in [2.45, 2.75) is 24.7 Å². The summed E-state index contributed by atoms with van der Waals surface area (Å²) in [5.41, 5.74) is 9.48. The molecule has 0 saturated heterocycles. The second-order valence-electron chi connectivity index (χ2n) is 14.3. The first-order chi connectivity index (χ1) is 27.6. The predicted octanol–water partition coefficient (Wildman–Crippen LogP) is 10.5. The van der Waals surface area contributed by atoms with Crippen LogP contribution in [0, 0.1) is 0 Å². The molecule has 0 spiro atoms. The van der Waals surface area contributed by atoms with E-state index in [0.717, 1.165) is 67.3 Å². The van der Waals surface area contributed by atoms with Gasteiger partial charge in [0.2, 0.25) is 0 Å². The summed E-state index contributed by atoms with van der Waals surface area (Å²) in [6.45, 7) is 5.22. The number of fused-ring (bicyclic) bond motifs is 3. The molecule has 0 saturated carbocycles. The monoisotopic (exact) mass is 734 g/mol. The molecule has 278 valence electrons. The van der Waals surface area contributed by atoms with Crippen molar-refractivity contribution in [3.63, 3.8) is 0 Å². The van der Waals surface area contributed by atoms with E-state index in [-0.39, 0.29) is 26.4 Å². The molecule has 7 aromatic rings. The maximum Gasteiger partial charge on any atom is 0.123 e. The third kappa shape index (κ3) is 7.17. The lowest BCUT2D eigenvalue weighted by Gasteiger charge is -2.39. The third-order valence-corrected chi connectivity index (χ3v) is 11.0. The lowest BCUT2D eigenvalue weighted by Crippen LogP contribution is -2.32. The molecular formula is C52H46O4. The number of ether oxygens (including phenoxy) is 2. The average Bonchev–Trinajstić information content (AvgIpc) is 3.31. The zero-order valence-electron chi connectivity index (χ0n) is 31.5. The van der Waals surface area contributed by atoms with Crippen molar-refractivity contribution >= 4 is 21.5 Å². The Morgan fingerprint density at radius 2 is 1.07 bits per heavy atom. The van der Waals surface area contributed by atoms with Crippen LogP contribution in [0.4, 0.5) is 0 Å². The Balaban J connectivity index is 1.36. The Bertz CT molecular complexity index is 2410. The maximum absolute atomic E-state index is 9.64. The van der Waals surface area contributed by atoms with Crippen molar-refractivity contribution in [2.75, 3.05) is 26.4 Å². The molecule has 0 unspecified atom stereocenters.